The zero-order valence-electron chi connectivity index (χ0n) is 16.4. The number of aromatic nitrogens is 4. The molecule has 0 fully saturated rings. The van der Waals surface area contributed by atoms with Crippen molar-refractivity contribution in [3.05, 3.63) is 34.7 Å². The van der Waals surface area contributed by atoms with Crippen molar-refractivity contribution in [3.8, 4) is 0 Å². The molecule has 0 aromatic carbocycles. The first-order valence-corrected chi connectivity index (χ1v) is 8.87. The Hall–Kier alpha value is -2.68. The Labute approximate surface area is 158 Å². The van der Waals surface area contributed by atoms with Gasteiger partial charge in [0.05, 0.1) is 12.7 Å². The van der Waals surface area contributed by atoms with E-state index in [0.29, 0.717) is 48.4 Å². The third-order valence-electron chi connectivity index (χ3n) is 3.83. The standard InChI is InChI=1S/C18H27N5O4/c1-6-11-14(16(24)26-5)12(9-19-8-7-13-20-10-21-23-13)22-15(11)17(25)27-18(2,3)4/h10,19,22H,6-9H2,1-5H3,(H,20,21,23). The van der Waals surface area contributed by atoms with Crippen LogP contribution in [-0.2, 0) is 28.9 Å². The smallest absolute Gasteiger partial charge is 0.355 e. The van der Waals surface area contributed by atoms with E-state index in [4.69, 9.17) is 9.47 Å². The summed E-state index contributed by atoms with van der Waals surface area (Å²) in [5.74, 6) is -0.201. The summed E-state index contributed by atoms with van der Waals surface area (Å²) < 4.78 is 10.4. The molecule has 0 unspecified atom stereocenters. The van der Waals surface area contributed by atoms with Gasteiger partial charge < -0.3 is 19.8 Å². The van der Waals surface area contributed by atoms with Crippen molar-refractivity contribution in [2.45, 2.75) is 52.7 Å². The van der Waals surface area contributed by atoms with Gasteiger partial charge in [-0.1, -0.05) is 6.92 Å². The van der Waals surface area contributed by atoms with Crippen molar-refractivity contribution < 1.29 is 19.1 Å². The Morgan fingerprint density at radius 3 is 2.56 bits per heavy atom. The lowest BCUT2D eigenvalue weighted by Gasteiger charge is -2.19. The number of hydrogen-bond donors (Lipinski definition) is 3. The zero-order valence-corrected chi connectivity index (χ0v) is 16.4. The fourth-order valence-electron chi connectivity index (χ4n) is 2.71. The molecule has 2 aromatic rings. The van der Waals surface area contributed by atoms with Gasteiger partial charge in [0, 0.05) is 25.2 Å². The maximum Gasteiger partial charge on any atom is 0.355 e. The fourth-order valence-corrected chi connectivity index (χ4v) is 2.71. The average Bonchev–Trinajstić information content (AvgIpc) is 3.23. The fraction of sp³-hybridized carbons (Fsp3) is 0.556. The average molecular weight is 377 g/mol. The number of H-pyrrole nitrogens is 2. The highest BCUT2D eigenvalue weighted by Crippen LogP contribution is 2.23. The van der Waals surface area contributed by atoms with Crippen LogP contribution >= 0.6 is 0 Å². The molecule has 9 nitrogen and oxygen atoms in total. The van der Waals surface area contributed by atoms with Crippen LogP contribution in [-0.4, -0.2) is 51.4 Å². The molecule has 27 heavy (non-hydrogen) atoms. The Bertz CT molecular complexity index is 775. The molecule has 2 heterocycles. The maximum absolute atomic E-state index is 12.6. The summed E-state index contributed by atoms with van der Waals surface area (Å²) in [5.41, 5.74) is 1.24. The van der Waals surface area contributed by atoms with Gasteiger partial charge in [0.1, 0.15) is 23.4 Å². The van der Waals surface area contributed by atoms with Crippen molar-refractivity contribution >= 4 is 11.9 Å². The van der Waals surface area contributed by atoms with Crippen LogP contribution < -0.4 is 5.32 Å². The van der Waals surface area contributed by atoms with Crippen LogP contribution in [0.5, 0.6) is 0 Å². The van der Waals surface area contributed by atoms with Crippen molar-refractivity contribution in [2.24, 2.45) is 0 Å². The van der Waals surface area contributed by atoms with Crippen LogP contribution in [0.2, 0.25) is 0 Å². The van der Waals surface area contributed by atoms with Crippen LogP contribution in [0.4, 0.5) is 0 Å². The van der Waals surface area contributed by atoms with E-state index in [1.54, 1.807) is 20.8 Å². The molecule has 0 atom stereocenters. The molecule has 0 aliphatic carbocycles. The predicted molar refractivity (Wildman–Crippen MR) is 98.5 cm³/mol. The van der Waals surface area contributed by atoms with Gasteiger partial charge in [-0.15, -0.1) is 0 Å². The molecule has 0 bridgehead atoms. The molecule has 0 saturated heterocycles. The van der Waals surface area contributed by atoms with E-state index in [0.717, 1.165) is 5.82 Å². The van der Waals surface area contributed by atoms with Gasteiger partial charge in [0.25, 0.3) is 0 Å². The van der Waals surface area contributed by atoms with Crippen molar-refractivity contribution in [2.75, 3.05) is 13.7 Å². The van der Waals surface area contributed by atoms with Crippen LogP contribution in [0.25, 0.3) is 0 Å². The number of hydrogen-bond acceptors (Lipinski definition) is 7. The first kappa shape index (κ1) is 20.6. The Kier molecular flexibility index (Phi) is 6.73. The maximum atomic E-state index is 12.6. The summed E-state index contributed by atoms with van der Waals surface area (Å²) in [5, 5.41) is 9.82. The normalized spacial score (nSPS) is 11.4. The highest BCUT2D eigenvalue weighted by atomic mass is 16.6. The van der Waals surface area contributed by atoms with E-state index in [1.807, 2.05) is 6.92 Å². The highest BCUT2D eigenvalue weighted by Gasteiger charge is 2.28. The minimum absolute atomic E-state index is 0.292. The summed E-state index contributed by atoms with van der Waals surface area (Å²) in [6.45, 7) is 8.27. The second kappa shape index (κ2) is 8.81. The van der Waals surface area contributed by atoms with Crippen molar-refractivity contribution in [1.29, 1.82) is 0 Å². The van der Waals surface area contributed by atoms with E-state index in [2.05, 4.69) is 25.5 Å². The van der Waals surface area contributed by atoms with Gasteiger partial charge in [-0.2, -0.15) is 5.10 Å². The zero-order chi connectivity index (χ0) is 20.0. The number of ether oxygens (including phenoxy) is 2. The Morgan fingerprint density at radius 2 is 2.00 bits per heavy atom. The lowest BCUT2D eigenvalue weighted by atomic mass is 10.1. The molecule has 0 aliphatic heterocycles. The van der Waals surface area contributed by atoms with Crippen molar-refractivity contribution in [1.82, 2.24) is 25.5 Å². The van der Waals surface area contributed by atoms with E-state index in [-0.39, 0.29) is 0 Å². The molecule has 0 spiro atoms. The summed E-state index contributed by atoms with van der Waals surface area (Å²) in [4.78, 5) is 32.0. The van der Waals surface area contributed by atoms with E-state index in [9.17, 15) is 9.59 Å². The van der Waals surface area contributed by atoms with Gasteiger partial charge >= 0.3 is 11.9 Å². The van der Waals surface area contributed by atoms with Crippen LogP contribution in [0.15, 0.2) is 6.33 Å². The summed E-state index contributed by atoms with van der Waals surface area (Å²) in [7, 11) is 1.32. The largest absolute Gasteiger partial charge is 0.465 e. The lowest BCUT2D eigenvalue weighted by molar-refractivity contribution is 0.00622. The number of carbonyl (C=O) groups excluding carboxylic acids is 2. The minimum Gasteiger partial charge on any atom is -0.465 e. The van der Waals surface area contributed by atoms with Crippen LogP contribution in [0.3, 0.4) is 0 Å². The molecule has 2 rings (SSSR count). The quantitative estimate of drug-likeness (QED) is 0.473. The summed E-state index contributed by atoms with van der Waals surface area (Å²) >= 11 is 0. The van der Waals surface area contributed by atoms with Gasteiger partial charge in [0.15, 0.2) is 0 Å². The molecule has 3 N–H and O–H groups in total. The first-order chi connectivity index (χ1) is 12.8. The number of carbonyl (C=O) groups is 2. The molecule has 0 aliphatic rings. The second-order valence-electron chi connectivity index (χ2n) is 7.04. The molecule has 0 saturated carbocycles. The molecule has 9 heteroatoms. The van der Waals surface area contributed by atoms with Gasteiger partial charge in [-0.3, -0.25) is 5.10 Å². The van der Waals surface area contributed by atoms with Gasteiger partial charge in [-0.05, 0) is 32.8 Å². The number of esters is 2. The summed E-state index contributed by atoms with van der Waals surface area (Å²) in [6, 6.07) is 0. The molecular weight excluding hydrogens is 350 g/mol. The lowest BCUT2D eigenvalue weighted by Crippen LogP contribution is -2.24. The SMILES string of the molecule is CCc1c(C(=O)OC(C)(C)C)[nH]c(CNCCc2ncn[nH]2)c1C(=O)OC. The monoisotopic (exact) mass is 377 g/mol. The van der Waals surface area contributed by atoms with E-state index >= 15 is 0 Å². The predicted octanol–water partition coefficient (Wildman–Crippen LogP) is 1.77. The number of rotatable bonds is 8. The number of aromatic amines is 2. The molecule has 0 radical (unpaired) electrons. The number of methoxy groups -OCH3 is 1. The molecule has 0 amide bonds. The second-order valence-corrected chi connectivity index (χ2v) is 7.04. The third-order valence-corrected chi connectivity index (χ3v) is 3.83. The Balaban J connectivity index is 2.20. The topological polar surface area (TPSA) is 122 Å². The highest BCUT2D eigenvalue weighted by molar-refractivity contribution is 5.98. The Morgan fingerprint density at radius 1 is 1.26 bits per heavy atom. The van der Waals surface area contributed by atoms with E-state index < -0.39 is 17.5 Å². The number of nitrogens with one attached hydrogen (secondary N) is 3. The molecule has 148 valence electrons. The minimum atomic E-state index is -0.631. The molecular formula is C18H27N5O4. The number of nitrogens with zero attached hydrogens (tertiary/aromatic N) is 2. The van der Waals surface area contributed by atoms with Gasteiger partial charge in [0.2, 0.25) is 0 Å². The first-order valence-electron chi connectivity index (χ1n) is 8.87. The van der Waals surface area contributed by atoms with Gasteiger partial charge in [-0.25, -0.2) is 14.6 Å². The van der Waals surface area contributed by atoms with Crippen LogP contribution in [0, 0.1) is 0 Å². The van der Waals surface area contributed by atoms with Crippen molar-refractivity contribution in [3.63, 3.8) is 0 Å². The molecule has 2 aromatic heterocycles. The summed E-state index contributed by atoms with van der Waals surface area (Å²) in [6.07, 6.45) is 2.61. The van der Waals surface area contributed by atoms with Crippen LogP contribution in [0.1, 0.15) is 65.6 Å². The third kappa shape index (κ3) is 5.40. The van der Waals surface area contributed by atoms with E-state index in [1.165, 1.54) is 13.4 Å².